The summed E-state index contributed by atoms with van der Waals surface area (Å²) in [5.41, 5.74) is 8.72. The molecule has 0 fully saturated rings. The van der Waals surface area contributed by atoms with E-state index in [4.69, 9.17) is 10.5 Å². The lowest BCUT2D eigenvalue weighted by Gasteiger charge is -2.10. The van der Waals surface area contributed by atoms with Crippen molar-refractivity contribution < 1.29 is 4.74 Å². The van der Waals surface area contributed by atoms with Gasteiger partial charge in [0.15, 0.2) is 0 Å². The molecule has 0 spiro atoms. The molecule has 4 nitrogen and oxygen atoms in total. The van der Waals surface area contributed by atoms with Gasteiger partial charge in [0.25, 0.3) is 0 Å². The van der Waals surface area contributed by atoms with Crippen LogP contribution >= 0.6 is 0 Å². The summed E-state index contributed by atoms with van der Waals surface area (Å²) in [7, 11) is 1.74. The predicted octanol–water partition coefficient (Wildman–Crippen LogP) is 3.05. The summed E-state index contributed by atoms with van der Waals surface area (Å²) in [6.07, 6.45) is 5.20. The monoisotopic (exact) mass is 259 g/mol. The summed E-state index contributed by atoms with van der Waals surface area (Å²) in [6.45, 7) is 1.78. The molecule has 4 heteroatoms. The van der Waals surface area contributed by atoms with Crippen molar-refractivity contribution in [2.75, 3.05) is 31.3 Å². The number of benzene rings is 1. The Hall–Kier alpha value is -1.81. The number of aromatic nitrogens is 1. The van der Waals surface area contributed by atoms with Crippen LogP contribution in [-0.4, -0.2) is 25.2 Å². The lowest BCUT2D eigenvalue weighted by atomic mass is 10.1. The van der Waals surface area contributed by atoms with Crippen LogP contribution in [0.3, 0.4) is 0 Å². The van der Waals surface area contributed by atoms with Crippen molar-refractivity contribution in [3.05, 3.63) is 30.5 Å². The van der Waals surface area contributed by atoms with Crippen molar-refractivity contribution in [2.45, 2.75) is 19.3 Å². The Morgan fingerprint density at radius 3 is 2.95 bits per heavy atom. The van der Waals surface area contributed by atoms with Gasteiger partial charge in [0, 0.05) is 37.5 Å². The molecule has 1 aromatic heterocycles. The third-order valence-electron chi connectivity index (χ3n) is 3.14. The van der Waals surface area contributed by atoms with Crippen molar-refractivity contribution in [3.8, 4) is 0 Å². The third kappa shape index (κ3) is 3.58. The average Bonchev–Trinajstić information content (AvgIpc) is 2.45. The van der Waals surface area contributed by atoms with Gasteiger partial charge in [-0.3, -0.25) is 4.98 Å². The Balaban J connectivity index is 1.96. The number of hydrogen-bond acceptors (Lipinski definition) is 4. The van der Waals surface area contributed by atoms with E-state index in [0.29, 0.717) is 0 Å². The molecule has 2 aromatic rings. The predicted molar refractivity (Wildman–Crippen MR) is 80.4 cm³/mol. The number of hydrogen-bond donors (Lipinski definition) is 2. The molecule has 102 valence electrons. The molecule has 1 aromatic carbocycles. The van der Waals surface area contributed by atoms with Gasteiger partial charge in [0.05, 0.1) is 11.2 Å². The molecule has 2 rings (SSSR count). The third-order valence-corrected chi connectivity index (χ3v) is 3.14. The number of nitrogens with zero attached hydrogens (tertiary/aromatic N) is 1. The van der Waals surface area contributed by atoms with Gasteiger partial charge in [0.2, 0.25) is 0 Å². The lowest BCUT2D eigenvalue weighted by molar-refractivity contribution is 0.192. The highest BCUT2D eigenvalue weighted by molar-refractivity contribution is 5.98. The number of ether oxygens (including phenoxy) is 1. The number of nitrogens with two attached hydrogens (primary N) is 1. The summed E-state index contributed by atoms with van der Waals surface area (Å²) in [4.78, 5) is 4.41. The molecule has 0 saturated carbocycles. The molecule has 19 heavy (non-hydrogen) atoms. The Labute approximate surface area is 114 Å². The maximum absolute atomic E-state index is 5.95. The van der Waals surface area contributed by atoms with Gasteiger partial charge in [0.1, 0.15) is 0 Å². The van der Waals surface area contributed by atoms with Crippen LogP contribution in [0.15, 0.2) is 30.5 Å². The summed E-state index contributed by atoms with van der Waals surface area (Å²) < 4.78 is 5.03. The summed E-state index contributed by atoms with van der Waals surface area (Å²) in [5.74, 6) is 0. The first-order valence-electron chi connectivity index (χ1n) is 6.69. The first-order valence-corrected chi connectivity index (χ1v) is 6.69. The van der Waals surface area contributed by atoms with Crippen molar-refractivity contribution in [3.63, 3.8) is 0 Å². The van der Waals surface area contributed by atoms with E-state index in [1.807, 2.05) is 24.3 Å². The number of anilines is 2. The van der Waals surface area contributed by atoms with Gasteiger partial charge < -0.3 is 15.8 Å². The van der Waals surface area contributed by atoms with E-state index in [1.54, 1.807) is 13.3 Å². The molecule has 0 radical (unpaired) electrons. The highest BCUT2D eigenvalue weighted by atomic mass is 16.5. The number of nitrogen functional groups attached to an aromatic ring is 1. The fraction of sp³-hybridized carbons (Fsp3) is 0.400. The first-order chi connectivity index (χ1) is 9.33. The molecule has 0 aliphatic rings. The van der Waals surface area contributed by atoms with Crippen molar-refractivity contribution in [2.24, 2.45) is 0 Å². The normalized spacial score (nSPS) is 10.8. The summed E-state index contributed by atoms with van der Waals surface area (Å²) in [6, 6.07) is 7.84. The van der Waals surface area contributed by atoms with Crippen LogP contribution in [-0.2, 0) is 4.74 Å². The zero-order valence-electron chi connectivity index (χ0n) is 11.4. The first kappa shape index (κ1) is 13.6. The molecule has 0 bridgehead atoms. The minimum Gasteiger partial charge on any atom is -0.398 e. The highest BCUT2D eigenvalue weighted by Gasteiger charge is 2.04. The van der Waals surface area contributed by atoms with Gasteiger partial charge in [-0.05, 0) is 43.5 Å². The van der Waals surface area contributed by atoms with E-state index in [2.05, 4.69) is 10.3 Å². The van der Waals surface area contributed by atoms with Crippen LogP contribution in [0.2, 0.25) is 0 Å². The van der Waals surface area contributed by atoms with Gasteiger partial charge in [-0.15, -0.1) is 0 Å². The van der Waals surface area contributed by atoms with Crippen LogP contribution in [0.5, 0.6) is 0 Å². The molecule has 0 amide bonds. The van der Waals surface area contributed by atoms with E-state index in [1.165, 1.54) is 6.42 Å². The number of fused-ring (bicyclic) bond motifs is 1. The van der Waals surface area contributed by atoms with Crippen LogP contribution in [0.4, 0.5) is 11.4 Å². The number of nitrogens with one attached hydrogen (secondary N) is 1. The van der Waals surface area contributed by atoms with Crippen LogP contribution in [0, 0.1) is 0 Å². The standard InChI is InChI=1S/C15H21N3O/c1-19-11-4-2-3-9-17-14-8-7-13(16)12-6-5-10-18-15(12)14/h5-8,10,17H,2-4,9,11,16H2,1H3. The molecule has 0 atom stereocenters. The molecular formula is C15H21N3O. The second kappa shape index (κ2) is 6.95. The van der Waals surface area contributed by atoms with Crippen LogP contribution < -0.4 is 11.1 Å². The fourth-order valence-electron chi connectivity index (χ4n) is 2.11. The summed E-state index contributed by atoms with van der Waals surface area (Å²) in [5, 5.41) is 4.44. The Morgan fingerprint density at radius 2 is 2.11 bits per heavy atom. The molecule has 0 aliphatic heterocycles. The second-order valence-corrected chi connectivity index (χ2v) is 4.58. The van der Waals surface area contributed by atoms with Crippen molar-refractivity contribution >= 4 is 22.3 Å². The zero-order valence-corrected chi connectivity index (χ0v) is 11.4. The van der Waals surface area contributed by atoms with E-state index in [9.17, 15) is 0 Å². The minimum atomic E-state index is 0.772. The highest BCUT2D eigenvalue weighted by Crippen LogP contribution is 2.26. The topological polar surface area (TPSA) is 60.2 Å². The smallest absolute Gasteiger partial charge is 0.0953 e. The number of pyridine rings is 1. The van der Waals surface area contributed by atoms with E-state index in [0.717, 1.165) is 48.3 Å². The van der Waals surface area contributed by atoms with E-state index < -0.39 is 0 Å². The Bertz CT molecular complexity index is 528. The number of rotatable bonds is 7. The molecule has 1 heterocycles. The van der Waals surface area contributed by atoms with Crippen molar-refractivity contribution in [1.29, 1.82) is 0 Å². The molecular weight excluding hydrogens is 238 g/mol. The van der Waals surface area contributed by atoms with Gasteiger partial charge in [-0.1, -0.05) is 0 Å². The Kier molecular flexibility index (Phi) is 4.98. The maximum atomic E-state index is 5.95. The molecule has 0 unspecified atom stereocenters. The summed E-state index contributed by atoms with van der Waals surface area (Å²) >= 11 is 0. The Morgan fingerprint density at radius 1 is 1.21 bits per heavy atom. The fourth-order valence-corrected chi connectivity index (χ4v) is 2.11. The molecule has 0 saturated heterocycles. The largest absolute Gasteiger partial charge is 0.398 e. The second-order valence-electron chi connectivity index (χ2n) is 4.58. The van der Waals surface area contributed by atoms with Gasteiger partial charge in [-0.25, -0.2) is 0 Å². The van der Waals surface area contributed by atoms with Gasteiger partial charge in [-0.2, -0.15) is 0 Å². The number of unbranched alkanes of at least 4 members (excludes halogenated alkanes) is 2. The zero-order chi connectivity index (χ0) is 13.5. The molecule has 0 aliphatic carbocycles. The van der Waals surface area contributed by atoms with E-state index in [-0.39, 0.29) is 0 Å². The maximum Gasteiger partial charge on any atom is 0.0953 e. The van der Waals surface area contributed by atoms with E-state index >= 15 is 0 Å². The average molecular weight is 259 g/mol. The number of methoxy groups -OCH3 is 1. The minimum absolute atomic E-state index is 0.772. The van der Waals surface area contributed by atoms with Gasteiger partial charge >= 0.3 is 0 Å². The van der Waals surface area contributed by atoms with Crippen molar-refractivity contribution in [1.82, 2.24) is 4.98 Å². The molecule has 3 N–H and O–H groups in total. The lowest BCUT2D eigenvalue weighted by Crippen LogP contribution is -2.03. The SMILES string of the molecule is COCCCCCNc1ccc(N)c2cccnc12. The van der Waals surface area contributed by atoms with Crippen LogP contribution in [0.25, 0.3) is 10.9 Å². The van der Waals surface area contributed by atoms with Crippen LogP contribution in [0.1, 0.15) is 19.3 Å². The quantitative estimate of drug-likeness (QED) is 0.592.